The smallest absolute Gasteiger partial charge is 0.305 e. The summed E-state index contributed by atoms with van der Waals surface area (Å²) in [4.78, 5) is 40.9. The Morgan fingerprint density at radius 1 is 0.873 bits per heavy atom. The van der Waals surface area contributed by atoms with Gasteiger partial charge in [0.2, 0.25) is 0 Å². The van der Waals surface area contributed by atoms with E-state index in [0.717, 1.165) is 61.0 Å². The molecule has 5 aromatic rings. The van der Waals surface area contributed by atoms with Crippen molar-refractivity contribution >= 4 is 62.3 Å². The van der Waals surface area contributed by atoms with Gasteiger partial charge in [-0.2, -0.15) is 0 Å². The minimum atomic E-state index is -4.51. The first kappa shape index (κ1) is 39.3. The van der Waals surface area contributed by atoms with E-state index in [1.807, 2.05) is 71.5 Å². The molecule has 1 amide bonds. The second-order valence-electron chi connectivity index (χ2n) is 12.9. The van der Waals surface area contributed by atoms with Gasteiger partial charge in [-0.15, -0.1) is 11.8 Å². The molecule has 0 saturated carbocycles. The van der Waals surface area contributed by atoms with Crippen LogP contribution in [0.15, 0.2) is 131 Å². The highest BCUT2D eigenvalue weighted by Gasteiger charge is 2.26. The molecule has 284 valence electrons. The molecule has 1 saturated heterocycles. The molecule has 3 N–H and O–H groups in total. The number of thioether (sulfide) groups is 1. The van der Waals surface area contributed by atoms with Gasteiger partial charge < -0.3 is 15.3 Å². The molecule has 1 fully saturated rings. The van der Waals surface area contributed by atoms with Gasteiger partial charge in [-0.3, -0.25) is 24.6 Å². The zero-order valence-corrected chi connectivity index (χ0v) is 31.9. The Bertz CT molecular complexity index is 2250. The first-order valence-corrected chi connectivity index (χ1v) is 20.2. The summed E-state index contributed by atoms with van der Waals surface area (Å²) in [6.07, 6.45) is -0.330. The number of carbonyl (C=O) groups is 2. The van der Waals surface area contributed by atoms with Crippen molar-refractivity contribution in [1.29, 1.82) is 0 Å². The van der Waals surface area contributed by atoms with Gasteiger partial charge in [0.25, 0.3) is 21.6 Å². The lowest BCUT2D eigenvalue weighted by atomic mass is 9.99. The van der Waals surface area contributed by atoms with Gasteiger partial charge in [-0.1, -0.05) is 66.2 Å². The molecule has 5 aromatic carbocycles. The lowest BCUT2D eigenvalue weighted by Gasteiger charge is -2.36. The average molecular weight is 800 g/mol. The van der Waals surface area contributed by atoms with E-state index in [9.17, 15) is 33.2 Å². The van der Waals surface area contributed by atoms with Gasteiger partial charge in [0.05, 0.1) is 16.2 Å². The number of sulfonamides is 1. The zero-order valence-electron chi connectivity index (χ0n) is 29.5. The van der Waals surface area contributed by atoms with Crippen molar-refractivity contribution in [2.75, 3.05) is 42.1 Å². The summed E-state index contributed by atoms with van der Waals surface area (Å²) in [6, 6.07) is 34.5. The molecule has 0 aliphatic carbocycles. The highest BCUT2D eigenvalue weighted by atomic mass is 35.5. The molecule has 1 aliphatic heterocycles. The number of nitrogens with zero attached hydrogens (tertiary/aromatic N) is 3. The minimum Gasteiger partial charge on any atom is -0.481 e. The van der Waals surface area contributed by atoms with E-state index in [0.29, 0.717) is 5.02 Å². The number of aliphatic carboxylic acids is 1. The summed E-state index contributed by atoms with van der Waals surface area (Å²) in [6.45, 7) is 3.96. The number of carboxylic acid groups (broad SMARTS) is 1. The van der Waals surface area contributed by atoms with Crippen LogP contribution in [-0.2, 0) is 21.4 Å². The number of piperazine rings is 1. The summed E-state index contributed by atoms with van der Waals surface area (Å²) in [5.74, 6) is -1.71. The van der Waals surface area contributed by atoms with Crippen LogP contribution >= 0.6 is 23.4 Å². The van der Waals surface area contributed by atoms with E-state index >= 15 is 0 Å². The molecule has 6 rings (SSSR count). The van der Waals surface area contributed by atoms with Crippen LogP contribution in [0.1, 0.15) is 22.3 Å². The van der Waals surface area contributed by atoms with Crippen LogP contribution in [0.2, 0.25) is 5.02 Å². The van der Waals surface area contributed by atoms with Gasteiger partial charge in [0.15, 0.2) is 0 Å². The van der Waals surface area contributed by atoms with Crippen LogP contribution in [0.3, 0.4) is 0 Å². The largest absolute Gasteiger partial charge is 0.481 e. The molecule has 12 nitrogen and oxygen atoms in total. The lowest BCUT2D eigenvalue weighted by Crippen LogP contribution is -2.46. The Balaban J connectivity index is 1.06. The van der Waals surface area contributed by atoms with Crippen LogP contribution in [0, 0.1) is 10.1 Å². The van der Waals surface area contributed by atoms with E-state index in [1.165, 1.54) is 29.0 Å². The standard InChI is InChI=1S/C40H38ClN5O7S2/c41-31-14-10-28(11-15-31)36-9-5-4-6-30(36)26-44-20-22-45(23-21-44)33-16-12-29(13-17-33)40(49)43-55(52,53)35-18-19-37(38(25-35)46(50)51)42-32(24-39(47)48)27-54-34-7-2-1-3-8-34/h1-19,25,32,42H,20-24,26-27H2,(H,43,49)(H,47,48)/t32-/m1/s1. The quantitative estimate of drug-likeness (QED) is 0.0550. The summed E-state index contributed by atoms with van der Waals surface area (Å²) < 4.78 is 28.5. The minimum absolute atomic E-state index is 0.0469. The summed E-state index contributed by atoms with van der Waals surface area (Å²) >= 11 is 7.48. The van der Waals surface area contributed by atoms with Crippen molar-refractivity contribution in [1.82, 2.24) is 9.62 Å². The van der Waals surface area contributed by atoms with Crippen molar-refractivity contribution < 1.29 is 28.0 Å². The second kappa shape index (κ2) is 17.8. The third-order valence-corrected chi connectivity index (χ3v) is 11.9. The molecule has 1 atom stereocenters. The van der Waals surface area contributed by atoms with Crippen LogP contribution in [-0.4, -0.2) is 73.2 Å². The number of anilines is 2. The number of halogens is 1. The van der Waals surface area contributed by atoms with E-state index in [2.05, 4.69) is 27.2 Å². The van der Waals surface area contributed by atoms with Crippen molar-refractivity contribution in [2.24, 2.45) is 0 Å². The van der Waals surface area contributed by atoms with Gasteiger partial charge in [-0.05, 0) is 77.4 Å². The van der Waals surface area contributed by atoms with Gasteiger partial charge >= 0.3 is 5.97 Å². The average Bonchev–Trinajstić information content (AvgIpc) is 3.18. The molecule has 0 radical (unpaired) electrons. The summed E-state index contributed by atoms with van der Waals surface area (Å²) in [5.41, 5.74) is 3.87. The highest BCUT2D eigenvalue weighted by Crippen LogP contribution is 2.31. The number of nitrogens with one attached hydrogen (secondary N) is 2. The van der Waals surface area contributed by atoms with Crippen molar-refractivity contribution in [3.05, 3.63) is 148 Å². The first-order chi connectivity index (χ1) is 26.4. The number of nitro benzene ring substituents is 1. The second-order valence-corrected chi connectivity index (χ2v) is 16.1. The van der Waals surface area contributed by atoms with Crippen LogP contribution in [0.4, 0.5) is 17.1 Å². The SMILES string of the molecule is O=C(O)C[C@H](CSc1ccccc1)Nc1ccc(S(=O)(=O)NC(=O)c2ccc(N3CCN(Cc4ccccc4-c4ccc(Cl)cc4)CC3)cc2)cc1[N+](=O)[O-]. The predicted molar refractivity (Wildman–Crippen MR) is 215 cm³/mol. The number of rotatable bonds is 15. The summed E-state index contributed by atoms with van der Waals surface area (Å²) in [5, 5.41) is 25.0. The molecule has 1 aliphatic rings. The fraction of sp³-hybridized carbons (Fsp3) is 0.200. The van der Waals surface area contributed by atoms with Gasteiger partial charge in [-0.25, -0.2) is 13.1 Å². The molecule has 15 heteroatoms. The molecule has 0 aromatic heterocycles. The molecule has 55 heavy (non-hydrogen) atoms. The van der Waals surface area contributed by atoms with Crippen LogP contribution in [0.5, 0.6) is 0 Å². The Labute approximate surface area is 328 Å². The summed E-state index contributed by atoms with van der Waals surface area (Å²) in [7, 11) is -4.51. The maximum absolute atomic E-state index is 13.2. The number of benzene rings is 5. The van der Waals surface area contributed by atoms with Gasteiger partial charge in [0, 0.05) is 71.8 Å². The first-order valence-electron chi connectivity index (χ1n) is 17.4. The third kappa shape index (κ3) is 10.4. The Morgan fingerprint density at radius 2 is 1.55 bits per heavy atom. The van der Waals surface area contributed by atoms with E-state index in [4.69, 9.17) is 11.6 Å². The molecule has 0 unspecified atom stereocenters. The van der Waals surface area contributed by atoms with Crippen molar-refractivity contribution in [3.8, 4) is 11.1 Å². The fourth-order valence-corrected chi connectivity index (χ4v) is 8.35. The number of amides is 1. The zero-order chi connectivity index (χ0) is 39.0. The van der Waals surface area contributed by atoms with Crippen molar-refractivity contribution in [3.63, 3.8) is 0 Å². The van der Waals surface area contributed by atoms with E-state index in [-0.39, 0.29) is 23.4 Å². The molecular formula is C40H38ClN5O7S2. The maximum Gasteiger partial charge on any atom is 0.305 e. The fourth-order valence-electron chi connectivity index (χ4n) is 6.29. The number of hydrogen-bond donors (Lipinski definition) is 3. The predicted octanol–water partition coefficient (Wildman–Crippen LogP) is 7.40. The molecule has 0 spiro atoms. The Morgan fingerprint density at radius 3 is 2.22 bits per heavy atom. The lowest BCUT2D eigenvalue weighted by molar-refractivity contribution is -0.384. The number of hydrogen-bond acceptors (Lipinski definition) is 10. The number of nitro groups is 1. The van der Waals surface area contributed by atoms with Crippen molar-refractivity contribution in [2.45, 2.75) is 28.8 Å². The van der Waals surface area contributed by atoms with Gasteiger partial charge in [0.1, 0.15) is 5.69 Å². The maximum atomic E-state index is 13.2. The molecule has 1 heterocycles. The number of carboxylic acids is 1. The Kier molecular flexibility index (Phi) is 12.7. The van der Waals surface area contributed by atoms with E-state index < -0.39 is 43.4 Å². The Hall–Kier alpha value is -5.41. The molecular weight excluding hydrogens is 762 g/mol. The topological polar surface area (TPSA) is 162 Å². The molecule has 0 bridgehead atoms. The van der Waals surface area contributed by atoms with Crippen LogP contribution in [0.25, 0.3) is 11.1 Å². The monoisotopic (exact) mass is 799 g/mol. The normalized spacial score (nSPS) is 13.9. The highest BCUT2D eigenvalue weighted by molar-refractivity contribution is 7.99. The number of carbonyl (C=O) groups excluding carboxylic acids is 1. The third-order valence-electron chi connectivity index (χ3n) is 9.11. The van der Waals surface area contributed by atoms with Crippen LogP contribution < -0.4 is 14.9 Å². The van der Waals surface area contributed by atoms with E-state index in [1.54, 1.807) is 24.3 Å².